The number of ether oxygens (including phenoxy) is 1. The van der Waals surface area contributed by atoms with Crippen molar-refractivity contribution in [2.24, 2.45) is 5.73 Å². The Morgan fingerprint density at radius 3 is 3.05 bits per heavy atom. The maximum Gasteiger partial charge on any atom is 0.171 e. The molecule has 2 N–H and O–H groups in total. The van der Waals surface area contributed by atoms with Gasteiger partial charge in [0.15, 0.2) is 5.82 Å². The fraction of sp³-hybridized carbons (Fsp3) is 0.467. The monoisotopic (exact) mass is 350 g/mol. The van der Waals surface area contributed by atoms with E-state index in [9.17, 15) is 0 Å². The van der Waals surface area contributed by atoms with Gasteiger partial charge in [0.1, 0.15) is 18.2 Å². The highest BCUT2D eigenvalue weighted by molar-refractivity contribution is 9.10. The zero-order valence-corrected chi connectivity index (χ0v) is 13.6. The summed E-state index contributed by atoms with van der Waals surface area (Å²) in [5, 5.41) is 8.50. The smallest absolute Gasteiger partial charge is 0.171 e. The number of fused-ring (bicyclic) bond motifs is 1. The Kier molecular flexibility index (Phi) is 4.26. The normalized spacial score (nSPS) is 15.6. The second-order valence-electron chi connectivity index (χ2n) is 5.40. The van der Waals surface area contributed by atoms with Gasteiger partial charge in [-0.25, -0.2) is 0 Å². The van der Waals surface area contributed by atoms with E-state index in [2.05, 4.69) is 30.7 Å². The predicted molar refractivity (Wildman–Crippen MR) is 84.0 cm³/mol. The summed E-state index contributed by atoms with van der Waals surface area (Å²) in [6, 6.07) is 5.85. The van der Waals surface area contributed by atoms with Crippen LogP contribution in [0, 0.1) is 0 Å². The molecule has 5 nitrogen and oxygen atoms in total. The van der Waals surface area contributed by atoms with E-state index >= 15 is 0 Å². The van der Waals surface area contributed by atoms with Crippen LogP contribution in [0.3, 0.4) is 0 Å². The molecule has 1 aromatic heterocycles. The number of hydrogen-bond donors (Lipinski definition) is 1. The number of nitrogens with two attached hydrogens (primary N) is 1. The average Bonchev–Trinajstić information content (AvgIpc) is 2.88. The topological polar surface area (TPSA) is 66.0 Å². The van der Waals surface area contributed by atoms with Crippen molar-refractivity contribution >= 4 is 15.9 Å². The first-order valence-electron chi connectivity index (χ1n) is 7.24. The van der Waals surface area contributed by atoms with Crippen molar-refractivity contribution in [3.05, 3.63) is 39.9 Å². The molecule has 1 atom stereocenters. The van der Waals surface area contributed by atoms with Gasteiger partial charge in [0.25, 0.3) is 0 Å². The van der Waals surface area contributed by atoms with Crippen LogP contribution in [-0.4, -0.2) is 14.8 Å². The van der Waals surface area contributed by atoms with E-state index in [1.807, 2.05) is 25.1 Å². The first-order chi connectivity index (χ1) is 10.1. The molecule has 0 radical (unpaired) electrons. The van der Waals surface area contributed by atoms with Crippen LogP contribution in [0.2, 0.25) is 0 Å². The van der Waals surface area contributed by atoms with Crippen LogP contribution in [0.5, 0.6) is 5.75 Å². The highest BCUT2D eigenvalue weighted by Crippen LogP contribution is 2.28. The lowest BCUT2D eigenvalue weighted by Gasteiger charge is -2.17. The second kappa shape index (κ2) is 6.15. The van der Waals surface area contributed by atoms with E-state index in [4.69, 9.17) is 10.5 Å². The molecule has 0 spiro atoms. The number of nitrogens with zero attached hydrogens (tertiary/aromatic N) is 3. The fourth-order valence-corrected chi connectivity index (χ4v) is 2.97. The zero-order chi connectivity index (χ0) is 14.8. The van der Waals surface area contributed by atoms with E-state index in [1.54, 1.807) is 0 Å². The summed E-state index contributed by atoms with van der Waals surface area (Å²) in [6.07, 6.45) is 3.38. The summed E-state index contributed by atoms with van der Waals surface area (Å²) in [5.74, 6) is 2.76. The van der Waals surface area contributed by atoms with E-state index in [0.29, 0.717) is 6.61 Å². The van der Waals surface area contributed by atoms with Gasteiger partial charge in [-0.05, 0) is 31.9 Å². The molecular formula is C15H19BrN4O. The molecular weight excluding hydrogens is 332 g/mol. The van der Waals surface area contributed by atoms with Gasteiger partial charge in [-0.1, -0.05) is 22.0 Å². The summed E-state index contributed by atoms with van der Waals surface area (Å²) in [6.45, 7) is 3.36. The second-order valence-corrected chi connectivity index (χ2v) is 6.32. The minimum Gasteiger partial charge on any atom is -0.485 e. The highest BCUT2D eigenvalue weighted by atomic mass is 79.9. The number of hydrogen-bond acceptors (Lipinski definition) is 4. The van der Waals surface area contributed by atoms with Gasteiger partial charge in [-0.3, -0.25) is 0 Å². The van der Waals surface area contributed by atoms with Crippen molar-refractivity contribution in [1.82, 2.24) is 14.8 Å². The molecule has 0 aliphatic carbocycles. The van der Waals surface area contributed by atoms with Crippen molar-refractivity contribution in [3.63, 3.8) is 0 Å². The van der Waals surface area contributed by atoms with Gasteiger partial charge in [-0.15, -0.1) is 10.2 Å². The van der Waals surface area contributed by atoms with E-state index in [0.717, 1.165) is 40.4 Å². The first-order valence-corrected chi connectivity index (χ1v) is 8.03. The number of aryl methyl sites for hydroxylation is 1. The molecule has 2 heterocycles. The van der Waals surface area contributed by atoms with Crippen LogP contribution in [0.1, 0.15) is 43.0 Å². The Balaban J connectivity index is 1.79. The summed E-state index contributed by atoms with van der Waals surface area (Å²) in [7, 11) is 0. The molecule has 0 saturated carbocycles. The van der Waals surface area contributed by atoms with Crippen LogP contribution in [0.25, 0.3) is 0 Å². The third-order valence-electron chi connectivity index (χ3n) is 3.76. The number of halogens is 1. The van der Waals surface area contributed by atoms with Crippen molar-refractivity contribution in [2.45, 2.75) is 45.4 Å². The zero-order valence-electron chi connectivity index (χ0n) is 12.1. The van der Waals surface area contributed by atoms with Crippen molar-refractivity contribution in [1.29, 1.82) is 0 Å². The number of rotatable bonds is 4. The Morgan fingerprint density at radius 1 is 1.38 bits per heavy atom. The Hall–Kier alpha value is -1.40. The van der Waals surface area contributed by atoms with Gasteiger partial charge < -0.3 is 15.0 Å². The van der Waals surface area contributed by atoms with Crippen LogP contribution < -0.4 is 10.5 Å². The molecule has 21 heavy (non-hydrogen) atoms. The first kappa shape index (κ1) is 14.5. The van der Waals surface area contributed by atoms with Crippen molar-refractivity contribution in [3.8, 4) is 5.75 Å². The van der Waals surface area contributed by atoms with E-state index in [-0.39, 0.29) is 6.04 Å². The Morgan fingerprint density at radius 2 is 2.24 bits per heavy atom. The standard InChI is InChI=1S/C15H19BrN4O/c1-10(17)12-6-5-11(16)8-13(12)21-9-15-19-18-14-4-2-3-7-20(14)15/h5-6,8,10H,2-4,7,9,17H2,1H3/t10-/m1/s1. The third kappa shape index (κ3) is 3.11. The highest BCUT2D eigenvalue weighted by Gasteiger charge is 2.17. The van der Waals surface area contributed by atoms with E-state index < -0.39 is 0 Å². The molecule has 0 bridgehead atoms. The molecule has 0 amide bonds. The summed E-state index contributed by atoms with van der Waals surface area (Å²) in [5.41, 5.74) is 6.99. The molecule has 1 aliphatic heterocycles. The van der Waals surface area contributed by atoms with Gasteiger partial charge in [0.05, 0.1) is 0 Å². The summed E-state index contributed by atoms with van der Waals surface area (Å²) < 4.78 is 9.11. The lowest BCUT2D eigenvalue weighted by molar-refractivity contribution is 0.282. The fourth-order valence-electron chi connectivity index (χ4n) is 2.63. The maximum atomic E-state index is 6.00. The molecule has 112 valence electrons. The van der Waals surface area contributed by atoms with Gasteiger partial charge in [-0.2, -0.15) is 0 Å². The van der Waals surface area contributed by atoms with E-state index in [1.165, 1.54) is 12.8 Å². The quantitative estimate of drug-likeness (QED) is 0.920. The molecule has 1 aliphatic rings. The third-order valence-corrected chi connectivity index (χ3v) is 4.25. The number of aromatic nitrogens is 3. The van der Waals surface area contributed by atoms with Gasteiger partial charge in [0.2, 0.25) is 0 Å². The van der Waals surface area contributed by atoms with Crippen LogP contribution in [-0.2, 0) is 19.6 Å². The summed E-state index contributed by atoms with van der Waals surface area (Å²) >= 11 is 3.47. The van der Waals surface area contributed by atoms with Gasteiger partial charge >= 0.3 is 0 Å². The minimum absolute atomic E-state index is 0.0691. The van der Waals surface area contributed by atoms with Crippen molar-refractivity contribution in [2.75, 3.05) is 0 Å². The SMILES string of the molecule is C[C@@H](N)c1ccc(Br)cc1OCc1nnc2n1CCCC2. The Labute approximate surface area is 132 Å². The van der Waals surface area contributed by atoms with Gasteiger partial charge in [0, 0.05) is 29.0 Å². The lowest BCUT2D eigenvalue weighted by Crippen LogP contribution is -2.15. The molecule has 1 aromatic carbocycles. The largest absolute Gasteiger partial charge is 0.485 e. The predicted octanol–water partition coefficient (Wildman–Crippen LogP) is 2.98. The minimum atomic E-state index is -0.0691. The molecule has 3 rings (SSSR count). The Bertz CT molecular complexity index is 639. The molecule has 0 unspecified atom stereocenters. The number of benzene rings is 1. The van der Waals surface area contributed by atoms with Crippen LogP contribution >= 0.6 is 15.9 Å². The molecule has 0 fully saturated rings. The molecule has 2 aromatic rings. The van der Waals surface area contributed by atoms with Crippen LogP contribution in [0.4, 0.5) is 0 Å². The average molecular weight is 351 g/mol. The molecule has 6 heteroatoms. The summed E-state index contributed by atoms with van der Waals surface area (Å²) in [4.78, 5) is 0. The maximum absolute atomic E-state index is 6.00. The molecule has 0 saturated heterocycles. The van der Waals surface area contributed by atoms with Crippen LogP contribution in [0.15, 0.2) is 22.7 Å². The van der Waals surface area contributed by atoms with Crippen molar-refractivity contribution < 1.29 is 4.74 Å². The lowest BCUT2D eigenvalue weighted by atomic mass is 10.1.